The fourth-order valence-electron chi connectivity index (χ4n) is 7.77. The highest BCUT2D eigenvalue weighted by molar-refractivity contribution is 7.98. The molecule has 7 N–H and O–H groups in total. The highest BCUT2D eigenvalue weighted by Gasteiger charge is 2.31. The SMILES string of the molecule is CC[C@H](C)[C@H](CC(=O)[C@H](CCSC)NC(=O)c1ccc(C(=O)NCCCCCN(O)C(=O)CCC(=O)CCCCCCN(O)C(=O)CCC(=O)NCCCCCN(O)C(C)=O)cc1)C(=O)NCCN1C(=O)C=CC1=O. The second-order valence-corrected chi connectivity index (χ2v) is 19.6. The predicted octanol–water partition coefficient (Wildman–Crippen LogP) is 4.14. The average Bonchev–Trinajstić information content (AvgIpc) is 3.72. The summed E-state index contributed by atoms with van der Waals surface area (Å²) < 4.78 is 0. The van der Waals surface area contributed by atoms with Gasteiger partial charge in [-0.05, 0) is 100.0 Å². The number of hydrogen-bond donors (Lipinski definition) is 7. The van der Waals surface area contributed by atoms with Crippen molar-refractivity contribution in [2.24, 2.45) is 11.8 Å². The van der Waals surface area contributed by atoms with Crippen LogP contribution >= 0.6 is 11.8 Å². The molecule has 3 atom stereocenters. The maximum atomic E-state index is 13.6. The van der Waals surface area contributed by atoms with E-state index in [1.807, 2.05) is 20.1 Å². The molecule has 0 bridgehead atoms. The zero-order valence-corrected chi connectivity index (χ0v) is 44.9. The lowest BCUT2D eigenvalue weighted by Gasteiger charge is -2.25. The molecule has 0 saturated heterocycles. The second-order valence-electron chi connectivity index (χ2n) is 18.6. The van der Waals surface area contributed by atoms with E-state index in [4.69, 9.17) is 0 Å². The molecule has 0 saturated carbocycles. The van der Waals surface area contributed by atoms with Gasteiger partial charge in [-0.3, -0.25) is 73.3 Å². The van der Waals surface area contributed by atoms with Gasteiger partial charge in [-0.2, -0.15) is 11.8 Å². The Bertz CT molecular complexity index is 2070. The third kappa shape index (κ3) is 26.3. The molecule has 2 rings (SSSR count). The van der Waals surface area contributed by atoms with Crippen molar-refractivity contribution in [3.8, 4) is 0 Å². The van der Waals surface area contributed by atoms with Gasteiger partial charge < -0.3 is 21.3 Å². The topological polar surface area (TPSA) is 310 Å². The van der Waals surface area contributed by atoms with Gasteiger partial charge in [0.1, 0.15) is 5.78 Å². The number of benzene rings is 1. The van der Waals surface area contributed by atoms with Gasteiger partial charge in [0.05, 0.1) is 6.04 Å². The van der Waals surface area contributed by atoms with Gasteiger partial charge >= 0.3 is 0 Å². The van der Waals surface area contributed by atoms with Crippen LogP contribution in [0.1, 0.15) is 157 Å². The first-order chi connectivity index (χ1) is 35.8. The first-order valence-electron chi connectivity index (χ1n) is 26.0. The van der Waals surface area contributed by atoms with Crippen LogP contribution in [-0.2, 0) is 43.2 Å². The smallest absolute Gasteiger partial charge is 0.253 e. The molecule has 0 radical (unpaired) electrons. The van der Waals surface area contributed by atoms with E-state index in [-0.39, 0.29) is 112 Å². The van der Waals surface area contributed by atoms with Gasteiger partial charge in [0.15, 0.2) is 5.78 Å². The van der Waals surface area contributed by atoms with Crippen LogP contribution < -0.4 is 21.3 Å². The summed E-state index contributed by atoms with van der Waals surface area (Å²) in [6.07, 6.45) is 10.8. The van der Waals surface area contributed by atoms with Crippen LogP contribution in [-0.4, -0.2) is 164 Å². The van der Waals surface area contributed by atoms with Crippen molar-refractivity contribution < 1.29 is 68.4 Å². The van der Waals surface area contributed by atoms with Gasteiger partial charge in [-0.1, -0.05) is 33.1 Å². The summed E-state index contributed by atoms with van der Waals surface area (Å²) in [5.74, 6) is -4.79. The van der Waals surface area contributed by atoms with E-state index in [0.717, 1.165) is 4.90 Å². The molecule has 1 heterocycles. The Balaban J connectivity index is 1.61. The van der Waals surface area contributed by atoms with Crippen LogP contribution in [0.5, 0.6) is 0 Å². The largest absolute Gasteiger partial charge is 0.356 e. The van der Waals surface area contributed by atoms with Gasteiger partial charge in [-0.15, -0.1) is 0 Å². The van der Waals surface area contributed by atoms with E-state index < -0.39 is 47.4 Å². The van der Waals surface area contributed by atoms with Crippen molar-refractivity contribution >= 4 is 76.5 Å². The maximum Gasteiger partial charge on any atom is 0.253 e. The Morgan fingerprint density at radius 2 is 1.15 bits per heavy atom. The molecular weight excluding hydrogens is 993 g/mol. The Kier molecular flexibility index (Phi) is 32.0. The Hall–Kier alpha value is -6.04. The van der Waals surface area contributed by atoms with Crippen molar-refractivity contribution in [1.29, 1.82) is 0 Å². The average molecular weight is 1070 g/mol. The Morgan fingerprint density at radius 1 is 0.627 bits per heavy atom. The maximum absolute atomic E-state index is 13.6. The van der Waals surface area contributed by atoms with E-state index >= 15 is 0 Å². The summed E-state index contributed by atoms with van der Waals surface area (Å²) in [6.45, 7) is 6.13. The predicted molar refractivity (Wildman–Crippen MR) is 278 cm³/mol. The number of carbonyl (C=O) groups excluding carboxylic acids is 11. The number of imide groups is 1. The molecule has 0 unspecified atom stereocenters. The minimum atomic E-state index is -0.870. The number of thioether (sulfide) groups is 1. The Morgan fingerprint density at radius 3 is 1.71 bits per heavy atom. The molecule has 1 aliphatic rings. The van der Waals surface area contributed by atoms with Crippen LogP contribution in [0.3, 0.4) is 0 Å². The first kappa shape index (κ1) is 65.1. The van der Waals surface area contributed by atoms with E-state index in [2.05, 4.69) is 21.3 Å². The normalized spacial score (nSPS) is 13.1. The molecule has 0 fully saturated rings. The number of unbranched alkanes of at least 4 members (excludes halogenated alkanes) is 7. The summed E-state index contributed by atoms with van der Waals surface area (Å²) in [4.78, 5) is 138. The number of Topliss-reactive ketones (excluding diaryl/α,β-unsaturated/α-hetero) is 2. The number of rotatable bonds is 40. The minimum Gasteiger partial charge on any atom is -0.356 e. The Labute approximate surface area is 444 Å². The van der Waals surface area contributed by atoms with E-state index in [9.17, 15) is 68.4 Å². The van der Waals surface area contributed by atoms with Gasteiger partial charge in [0.25, 0.3) is 23.6 Å². The van der Waals surface area contributed by atoms with Crippen LogP contribution in [0.15, 0.2) is 36.4 Å². The third-order valence-corrected chi connectivity index (χ3v) is 13.4. The van der Waals surface area contributed by atoms with Crippen LogP contribution in [0.4, 0.5) is 0 Å². The molecule has 0 aliphatic carbocycles. The number of hydroxylamine groups is 6. The summed E-state index contributed by atoms with van der Waals surface area (Å²) in [5.41, 5.74) is 0.543. The first-order valence-corrected chi connectivity index (χ1v) is 27.4. The quantitative estimate of drug-likeness (QED) is 0.0210. The second kappa shape index (κ2) is 36.8. The van der Waals surface area contributed by atoms with Crippen LogP contribution in [0, 0.1) is 11.8 Å². The van der Waals surface area contributed by atoms with Crippen LogP contribution in [0.25, 0.3) is 0 Å². The molecule has 0 spiro atoms. The zero-order chi connectivity index (χ0) is 55.7. The molecule has 1 aromatic carbocycles. The van der Waals surface area contributed by atoms with Crippen LogP contribution in [0.2, 0.25) is 0 Å². The van der Waals surface area contributed by atoms with E-state index in [0.29, 0.717) is 117 Å². The molecule has 75 heavy (non-hydrogen) atoms. The monoisotopic (exact) mass is 1070 g/mol. The fraction of sp³-hybridized carbons (Fsp3) is 0.635. The molecule has 1 aliphatic heterocycles. The van der Waals surface area contributed by atoms with Crippen molar-refractivity contribution in [2.75, 3.05) is 57.8 Å². The summed E-state index contributed by atoms with van der Waals surface area (Å²) in [7, 11) is 0. The van der Waals surface area contributed by atoms with Crippen molar-refractivity contribution in [3.63, 3.8) is 0 Å². The summed E-state index contributed by atoms with van der Waals surface area (Å²) >= 11 is 1.51. The molecular formula is C52H80N8O14S. The standard InChI is InChI=1S/C52H80N8O14S/c1-5-37(2)42(52(71)55-30-34-57-46(65)25-26-47(57)66)36-44(63)43(27-35-75-4)56-51(70)40-19-17-39(18-20-40)50(69)54-29-12-9-15-33-59(73)48(67)23-21-41(62)16-10-6-7-13-32-60(74)49(68)24-22-45(64)53-28-11-8-14-31-58(72)38(3)61/h17-20,25-26,37,42-43,72-74H,5-16,21-24,27-36H2,1-4H3,(H,53,64)(H,54,69)(H,55,71)(H,56,70)/t37-,42-,43-/m0/s1. The van der Waals surface area contributed by atoms with Gasteiger partial charge in [0, 0.05) is 120 Å². The molecule has 0 aromatic heterocycles. The van der Waals surface area contributed by atoms with Crippen molar-refractivity contribution in [3.05, 3.63) is 47.5 Å². The molecule has 9 amide bonds. The zero-order valence-electron chi connectivity index (χ0n) is 44.1. The lowest BCUT2D eigenvalue weighted by molar-refractivity contribution is -0.166. The number of nitrogens with zero attached hydrogens (tertiary/aromatic N) is 4. The molecule has 1 aromatic rings. The lowest BCUT2D eigenvalue weighted by Crippen LogP contribution is -2.45. The van der Waals surface area contributed by atoms with Gasteiger partial charge in [0.2, 0.25) is 29.5 Å². The van der Waals surface area contributed by atoms with Crippen molar-refractivity contribution in [1.82, 2.24) is 41.4 Å². The lowest BCUT2D eigenvalue weighted by atomic mass is 9.85. The number of ketones is 2. The van der Waals surface area contributed by atoms with E-state index in [1.165, 1.54) is 55.1 Å². The molecule has 418 valence electrons. The van der Waals surface area contributed by atoms with Crippen molar-refractivity contribution in [2.45, 2.75) is 142 Å². The van der Waals surface area contributed by atoms with E-state index in [1.54, 1.807) is 0 Å². The molecule has 22 nitrogen and oxygen atoms in total. The number of nitrogens with one attached hydrogen (secondary N) is 4. The number of amides is 9. The molecule has 23 heteroatoms. The van der Waals surface area contributed by atoms with Gasteiger partial charge in [-0.25, -0.2) is 15.2 Å². The number of carbonyl (C=O) groups is 11. The highest BCUT2D eigenvalue weighted by atomic mass is 32.2. The third-order valence-electron chi connectivity index (χ3n) is 12.7. The highest BCUT2D eigenvalue weighted by Crippen LogP contribution is 2.22. The minimum absolute atomic E-state index is 0.000136. The summed E-state index contributed by atoms with van der Waals surface area (Å²) in [5, 5.41) is 42.5. The fourth-order valence-corrected chi connectivity index (χ4v) is 8.25. The number of hydrogen-bond acceptors (Lipinski definition) is 15. The summed E-state index contributed by atoms with van der Waals surface area (Å²) in [6, 6.07) is 5.09.